The highest BCUT2D eigenvalue weighted by Gasteiger charge is 1.99. The van der Waals surface area contributed by atoms with Crippen LogP contribution in [0.15, 0.2) is 11.1 Å². The van der Waals surface area contributed by atoms with E-state index in [1.165, 1.54) is 15.6 Å². The molecule has 0 saturated carbocycles. The molecule has 0 bridgehead atoms. The van der Waals surface area contributed by atoms with Crippen molar-refractivity contribution in [3.05, 3.63) is 16.8 Å². The third-order valence-electron chi connectivity index (χ3n) is 1.56. The average Bonchev–Trinajstić information content (AvgIpc) is 2.43. The summed E-state index contributed by atoms with van der Waals surface area (Å²) in [6, 6.07) is 0. The molecule has 0 aliphatic rings. The summed E-state index contributed by atoms with van der Waals surface area (Å²) in [5.41, 5.74) is -0.130. The molecule has 74 valence electrons. The summed E-state index contributed by atoms with van der Waals surface area (Å²) in [4.78, 5) is 11.2. The van der Waals surface area contributed by atoms with Gasteiger partial charge in [0.2, 0.25) is 0 Å². The lowest BCUT2D eigenvalue weighted by Crippen LogP contribution is -2.25. The molecule has 0 aliphatic carbocycles. The smallest absolute Gasteiger partial charge is 0.345 e. The van der Waals surface area contributed by atoms with Gasteiger partial charge in [-0.25, -0.2) is 9.48 Å². The predicted octanol–water partition coefficient (Wildman–Crippen LogP) is -0.163. The summed E-state index contributed by atoms with van der Waals surface area (Å²) in [6.45, 7) is 1.43. The fourth-order valence-corrected chi connectivity index (χ4v) is 0.991. The maximum atomic E-state index is 11.2. The molecule has 0 N–H and O–H groups in total. The molecule has 0 aromatic carbocycles. The molecule has 0 spiro atoms. The van der Waals surface area contributed by atoms with E-state index in [0.29, 0.717) is 25.6 Å². The maximum absolute atomic E-state index is 11.2. The molecule has 1 aromatic heterocycles. The Balaban J connectivity index is 2.37. The number of alkyl halides is 1. The summed E-state index contributed by atoms with van der Waals surface area (Å²) in [5, 5.41) is 3.87. The Morgan fingerprint density at radius 1 is 1.62 bits per heavy atom. The molecule has 0 fully saturated rings. The van der Waals surface area contributed by atoms with E-state index in [-0.39, 0.29) is 5.69 Å². The Bertz CT molecular complexity index is 307. The van der Waals surface area contributed by atoms with Crippen LogP contribution in [0.5, 0.6) is 0 Å². The van der Waals surface area contributed by atoms with Gasteiger partial charge in [-0.05, 0) is 0 Å². The molecule has 1 rings (SSSR count). The zero-order chi connectivity index (χ0) is 9.68. The number of halogens is 1. The zero-order valence-electron chi connectivity index (χ0n) is 7.44. The van der Waals surface area contributed by atoms with Crippen molar-refractivity contribution in [2.45, 2.75) is 6.54 Å². The van der Waals surface area contributed by atoms with Gasteiger partial charge in [0.05, 0.1) is 19.8 Å². The highest BCUT2D eigenvalue weighted by Crippen LogP contribution is 1.82. The number of rotatable bonds is 5. The Labute approximate surface area is 80.9 Å². The standard InChI is InChI=1S/C7H12ClN3O2/c1-10-6-9-11(7(10)12)3-5-13-4-2-8/h6H,2-5H2,1H3. The predicted molar refractivity (Wildman–Crippen MR) is 49.0 cm³/mol. The normalized spacial score (nSPS) is 10.6. The van der Waals surface area contributed by atoms with Crippen LogP contribution in [0.1, 0.15) is 0 Å². The van der Waals surface area contributed by atoms with Crippen molar-refractivity contribution in [3.63, 3.8) is 0 Å². The van der Waals surface area contributed by atoms with Crippen LogP contribution in [0.2, 0.25) is 0 Å². The first-order valence-electron chi connectivity index (χ1n) is 3.98. The largest absolute Gasteiger partial charge is 0.378 e. The van der Waals surface area contributed by atoms with Crippen molar-refractivity contribution in [3.8, 4) is 0 Å². The summed E-state index contributed by atoms with van der Waals surface area (Å²) < 4.78 is 7.88. The van der Waals surface area contributed by atoms with Gasteiger partial charge in [0.15, 0.2) is 0 Å². The minimum atomic E-state index is -0.130. The van der Waals surface area contributed by atoms with E-state index >= 15 is 0 Å². The molecule has 5 nitrogen and oxygen atoms in total. The van der Waals surface area contributed by atoms with Gasteiger partial charge >= 0.3 is 5.69 Å². The van der Waals surface area contributed by atoms with Crippen LogP contribution < -0.4 is 5.69 Å². The van der Waals surface area contributed by atoms with E-state index in [2.05, 4.69) is 5.10 Å². The minimum Gasteiger partial charge on any atom is -0.378 e. The molecule has 1 heterocycles. The summed E-state index contributed by atoms with van der Waals surface area (Å²) >= 11 is 5.41. The lowest BCUT2D eigenvalue weighted by molar-refractivity contribution is 0.137. The van der Waals surface area contributed by atoms with E-state index in [1.54, 1.807) is 7.05 Å². The topological polar surface area (TPSA) is 49.0 Å². The van der Waals surface area contributed by atoms with Crippen LogP contribution in [0.3, 0.4) is 0 Å². The first kappa shape index (κ1) is 10.3. The van der Waals surface area contributed by atoms with Crippen molar-refractivity contribution in [2.75, 3.05) is 19.1 Å². The average molecular weight is 206 g/mol. The van der Waals surface area contributed by atoms with Gasteiger partial charge in [-0.15, -0.1) is 11.6 Å². The second-order valence-corrected chi connectivity index (χ2v) is 2.93. The maximum Gasteiger partial charge on any atom is 0.345 e. The molecule has 13 heavy (non-hydrogen) atoms. The van der Waals surface area contributed by atoms with E-state index < -0.39 is 0 Å². The van der Waals surface area contributed by atoms with Crippen molar-refractivity contribution in [2.24, 2.45) is 7.05 Å². The minimum absolute atomic E-state index is 0.130. The second-order valence-electron chi connectivity index (χ2n) is 2.55. The lowest BCUT2D eigenvalue weighted by Gasteiger charge is -2.00. The Morgan fingerprint density at radius 2 is 2.38 bits per heavy atom. The summed E-state index contributed by atoms with van der Waals surface area (Å²) in [5.74, 6) is 0.469. The van der Waals surface area contributed by atoms with Gasteiger partial charge < -0.3 is 4.74 Å². The molecule has 0 amide bonds. The molecule has 0 atom stereocenters. The number of hydrogen-bond donors (Lipinski definition) is 0. The fourth-order valence-electron chi connectivity index (χ4n) is 0.882. The van der Waals surface area contributed by atoms with Gasteiger partial charge in [-0.2, -0.15) is 5.10 Å². The first-order chi connectivity index (χ1) is 6.25. The van der Waals surface area contributed by atoms with Gasteiger partial charge in [0.1, 0.15) is 6.33 Å². The van der Waals surface area contributed by atoms with E-state index in [4.69, 9.17) is 16.3 Å². The molecule has 0 aliphatic heterocycles. The molecular formula is C7H12ClN3O2. The van der Waals surface area contributed by atoms with Gasteiger partial charge in [0.25, 0.3) is 0 Å². The van der Waals surface area contributed by atoms with Crippen LogP contribution >= 0.6 is 11.6 Å². The Morgan fingerprint density at radius 3 is 2.92 bits per heavy atom. The van der Waals surface area contributed by atoms with E-state index in [9.17, 15) is 4.79 Å². The van der Waals surface area contributed by atoms with E-state index in [1.807, 2.05) is 0 Å². The molecule has 0 saturated heterocycles. The monoisotopic (exact) mass is 205 g/mol. The van der Waals surface area contributed by atoms with Crippen molar-refractivity contribution in [1.82, 2.24) is 14.3 Å². The molecule has 1 aromatic rings. The lowest BCUT2D eigenvalue weighted by atomic mass is 10.7. The van der Waals surface area contributed by atoms with Gasteiger partial charge in [-0.1, -0.05) is 0 Å². The molecular weight excluding hydrogens is 194 g/mol. The summed E-state index contributed by atoms with van der Waals surface area (Å²) in [7, 11) is 1.66. The van der Waals surface area contributed by atoms with Gasteiger partial charge in [0, 0.05) is 12.9 Å². The van der Waals surface area contributed by atoms with Crippen molar-refractivity contribution >= 4 is 11.6 Å². The van der Waals surface area contributed by atoms with Crippen molar-refractivity contribution in [1.29, 1.82) is 0 Å². The molecule has 6 heteroatoms. The summed E-state index contributed by atoms with van der Waals surface area (Å²) in [6.07, 6.45) is 1.48. The van der Waals surface area contributed by atoms with Crippen LogP contribution in [0.25, 0.3) is 0 Å². The molecule has 0 unspecified atom stereocenters. The number of ether oxygens (including phenoxy) is 1. The second kappa shape index (κ2) is 5.04. The number of hydrogen-bond acceptors (Lipinski definition) is 3. The van der Waals surface area contributed by atoms with Crippen LogP contribution in [-0.4, -0.2) is 33.4 Å². The third kappa shape index (κ3) is 2.86. The van der Waals surface area contributed by atoms with E-state index in [0.717, 1.165) is 0 Å². The van der Waals surface area contributed by atoms with Crippen LogP contribution in [0, 0.1) is 0 Å². The number of aryl methyl sites for hydroxylation is 1. The Kier molecular flexibility index (Phi) is 3.98. The quantitative estimate of drug-likeness (QED) is 0.496. The van der Waals surface area contributed by atoms with Crippen molar-refractivity contribution < 1.29 is 4.74 Å². The first-order valence-corrected chi connectivity index (χ1v) is 4.51. The van der Waals surface area contributed by atoms with Crippen LogP contribution in [-0.2, 0) is 18.3 Å². The highest BCUT2D eigenvalue weighted by atomic mass is 35.5. The van der Waals surface area contributed by atoms with Gasteiger partial charge in [-0.3, -0.25) is 4.57 Å². The Hall–Kier alpha value is -0.810. The molecule has 0 radical (unpaired) electrons. The zero-order valence-corrected chi connectivity index (χ0v) is 8.20. The van der Waals surface area contributed by atoms with Crippen LogP contribution in [0.4, 0.5) is 0 Å². The highest BCUT2D eigenvalue weighted by molar-refractivity contribution is 6.17. The number of aromatic nitrogens is 3. The SMILES string of the molecule is Cn1cnn(CCOCCCl)c1=O. The number of nitrogens with zero attached hydrogens (tertiary/aromatic N) is 3. The fraction of sp³-hybridized carbons (Fsp3) is 0.714. The third-order valence-corrected chi connectivity index (χ3v) is 1.71.